The van der Waals surface area contributed by atoms with Gasteiger partial charge in [0.15, 0.2) is 0 Å². The van der Waals surface area contributed by atoms with Gasteiger partial charge in [-0.2, -0.15) is 0 Å². The molecule has 0 aromatic heterocycles. The first-order valence-electron chi connectivity index (χ1n) is 5.88. The van der Waals surface area contributed by atoms with Gasteiger partial charge in [-0.05, 0) is 37.6 Å². The van der Waals surface area contributed by atoms with Gasteiger partial charge in [-0.1, -0.05) is 18.6 Å². The van der Waals surface area contributed by atoms with Crippen LogP contribution in [0.25, 0.3) is 0 Å². The summed E-state index contributed by atoms with van der Waals surface area (Å²) in [6.07, 6.45) is 3.03. The Morgan fingerprint density at radius 1 is 1.35 bits per heavy atom. The molecule has 17 heavy (non-hydrogen) atoms. The van der Waals surface area contributed by atoms with Crippen molar-refractivity contribution in [1.29, 1.82) is 0 Å². The van der Waals surface area contributed by atoms with Crippen molar-refractivity contribution in [2.45, 2.75) is 36.7 Å². The summed E-state index contributed by atoms with van der Waals surface area (Å²) in [5.74, 6) is 0. The van der Waals surface area contributed by atoms with Crippen LogP contribution in [0.2, 0.25) is 0 Å². The Balaban J connectivity index is 2.16. The Kier molecular flexibility index (Phi) is 3.81. The number of nitrogens with one attached hydrogen (secondary N) is 2. The highest BCUT2D eigenvalue weighted by Crippen LogP contribution is 2.21. The maximum Gasteiger partial charge on any atom is 0.240 e. The second-order valence-corrected chi connectivity index (χ2v) is 6.14. The van der Waals surface area contributed by atoms with E-state index in [1.54, 1.807) is 18.2 Å². The predicted molar refractivity (Wildman–Crippen MR) is 67.2 cm³/mol. The smallest absolute Gasteiger partial charge is 0.240 e. The van der Waals surface area contributed by atoms with Crippen molar-refractivity contribution in [3.8, 4) is 0 Å². The van der Waals surface area contributed by atoms with Gasteiger partial charge in [0.25, 0.3) is 0 Å². The summed E-state index contributed by atoms with van der Waals surface area (Å²) >= 11 is 0. The topological polar surface area (TPSA) is 58.2 Å². The van der Waals surface area contributed by atoms with Gasteiger partial charge < -0.3 is 5.32 Å². The van der Waals surface area contributed by atoms with E-state index in [2.05, 4.69) is 10.0 Å². The van der Waals surface area contributed by atoms with E-state index in [0.29, 0.717) is 11.4 Å². The van der Waals surface area contributed by atoms with Crippen LogP contribution in [-0.2, 0) is 16.6 Å². The third-order valence-electron chi connectivity index (χ3n) is 3.02. The molecule has 5 heteroatoms. The van der Waals surface area contributed by atoms with Crippen molar-refractivity contribution in [2.75, 3.05) is 7.05 Å². The van der Waals surface area contributed by atoms with E-state index in [0.717, 1.165) is 24.8 Å². The highest BCUT2D eigenvalue weighted by Gasteiger charge is 2.24. The van der Waals surface area contributed by atoms with Crippen LogP contribution in [0.15, 0.2) is 29.2 Å². The summed E-state index contributed by atoms with van der Waals surface area (Å²) in [6, 6.07) is 7.19. The molecule has 0 saturated heterocycles. The normalized spacial score (nSPS) is 16.8. The molecule has 0 radical (unpaired) electrons. The van der Waals surface area contributed by atoms with Gasteiger partial charge in [-0.15, -0.1) is 0 Å². The van der Waals surface area contributed by atoms with E-state index in [1.807, 2.05) is 13.1 Å². The molecule has 0 aliphatic heterocycles. The van der Waals surface area contributed by atoms with E-state index < -0.39 is 10.0 Å². The Bertz CT molecular complexity index is 481. The van der Waals surface area contributed by atoms with E-state index in [-0.39, 0.29) is 6.04 Å². The van der Waals surface area contributed by atoms with Gasteiger partial charge in [0.2, 0.25) is 10.0 Å². The van der Waals surface area contributed by atoms with Crippen molar-refractivity contribution in [2.24, 2.45) is 0 Å². The minimum absolute atomic E-state index is 0.132. The molecule has 1 aliphatic rings. The lowest BCUT2D eigenvalue weighted by Gasteiger charge is -2.26. The third kappa shape index (κ3) is 3.06. The summed E-state index contributed by atoms with van der Waals surface area (Å²) in [5, 5.41) is 3.01. The predicted octanol–water partition coefficient (Wildman–Crippen LogP) is 1.24. The second-order valence-electron chi connectivity index (χ2n) is 4.43. The number of sulfonamides is 1. The highest BCUT2D eigenvalue weighted by atomic mass is 32.2. The zero-order chi connectivity index (χ0) is 12.3. The Morgan fingerprint density at radius 3 is 2.71 bits per heavy atom. The van der Waals surface area contributed by atoms with Crippen LogP contribution in [0.5, 0.6) is 0 Å². The van der Waals surface area contributed by atoms with Crippen LogP contribution in [0, 0.1) is 0 Å². The van der Waals surface area contributed by atoms with Crippen LogP contribution in [0.4, 0.5) is 0 Å². The molecule has 2 rings (SSSR count). The average molecular weight is 254 g/mol. The highest BCUT2D eigenvalue weighted by molar-refractivity contribution is 7.89. The number of rotatable bonds is 5. The van der Waals surface area contributed by atoms with Gasteiger partial charge in [0.1, 0.15) is 0 Å². The standard InChI is InChI=1S/C12H18N2O2S/c1-13-9-10-4-2-7-12(8-10)17(15,16)14-11-5-3-6-11/h2,4,7-8,11,13-14H,3,5-6,9H2,1H3. The van der Waals surface area contributed by atoms with Gasteiger partial charge in [0, 0.05) is 12.6 Å². The fourth-order valence-electron chi connectivity index (χ4n) is 1.84. The Hall–Kier alpha value is -0.910. The zero-order valence-corrected chi connectivity index (χ0v) is 10.8. The van der Waals surface area contributed by atoms with E-state index in [1.165, 1.54) is 0 Å². The maximum absolute atomic E-state index is 12.1. The van der Waals surface area contributed by atoms with Crippen LogP contribution >= 0.6 is 0 Å². The second kappa shape index (κ2) is 5.16. The molecular weight excluding hydrogens is 236 g/mol. The molecule has 0 bridgehead atoms. The summed E-state index contributed by atoms with van der Waals surface area (Å²) in [6.45, 7) is 0.673. The molecule has 2 N–H and O–H groups in total. The van der Waals surface area contributed by atoms with Crippen molar-refractivity contribution in [3.63, 3.8) is 0 Å². The first-order chi connectivity index (χ1) is 8.12. The number of hydrogen-bond acceptors (Lipinski definition) is 3. The van der Waals surface area contributed by atoms with Gasteiger partial charge in [-0.25, -0.2) is 13.1 Å². The molecule has 1 saturated carbocycles. The minimum Gasteiger partial charge on any atom is -0.316 e. The minimum atomic E-state index is -3.34. The van der Waals surface area contributed by atoms with Crippen molar-refractivity contribution in [3.05, 3.63) is 29.8 Å². The van der Waals surface area contributed by atoms with Crippen molar-refractivity contribution in [1.82, 2.24) is 10.0 Å². The molecule has 4 nitrogen and oxygen atoms in total. The van der Waals surface area contributed by atoms with Crippen LogP contribution in [-0.4, -0.2) is 21.5 Å². The number of hydrogen-bond donors (Lipinski definition) is 2. The summed E-state index contributed by atoms with van der Waals surface area (Å²) in [4.78, 5) is 0.358. The zero-order valence-electron chi connectivity index (χ0n) is 9.94. The molecule has 0 unspecified atom stereocenters. The Morgan fingerprint density at radius 2 is 2.12 bits per heavy atom. The largest absolute Gasteiger partial charge is 0.316 e. The fraction of sp³-hybridized carbons (Fsp3) is 0.500. The molecule has 0 amide bonds. The van der Waals surface area contributed by atoms with Crippen LogP contribution in [0.3, 0.4) is 0 Å². The molecule has 1 aromatic carbocycles. The van der Waals surface area contributed by atoms with Gasteiger partial charge >= 0.3 is 0 Å². The van der Waals surface area contributed by atoms with Crippen molar-refractivity contribution >= 4 is 10.0 Å². The summed E-state index contributed by atoms with van der Waals surface area (Å²) in [7, 11) is -1.50. The first-order valence-corrected chi connectivity index (χ1v) is 7.36. The molecule has 94 valence electrons. The van der Waals surface area contributed by atoms with E-state index in [9.17, 15) is 8.42 Å². The van der Waals surface area contributed by atoms with Crippen molar-refractivity contribution < 1.29 is 8.42 Å². The van der Waals surface area contributed by atoms with Crippen LogP contribution in [0.1, 0.15) is 24.8 Å². The van der Waals surface area contributed by atoms with Gasteiger partial charge in [-0.3, -0.25) is 0 Å². The fourth-order valence-corrected chi connectivity index (χ4v) is 3.22. The van der Waals surface area contributed by atoms with Gasteiger partial charge in [0.05, 0.1) is 4.90 Å². The molecule has 0 atom stereocenters. The first kappa shape index (κ1) is 12.5. The molecule has 0 spiro atoms. The van der Waals surface area contributed by atoms with E-state index in [4.69, 9.17) is 0 Å². The number of benzene rings is 1. The molecular formula is C12H18N2O2S. The molecule has 0 heterocycles. The lowest BCUT2D eigenvalue weighted by molar-refractivity contribution is 0.383. The Labute approximate surface area is 102 Å². The lowest BCUT2D eigenvalue weighted by Crippen LogP contribution is -2.39. The molecule has 1 fully saturated rings. The molecule has 1 aliphatic carbocycles. The maximum atomic E-state index is 12.1. The lowest BCUT2D eigenvalue weighted by atomic mass is 9.94. The third-order valence-corrected chi connectivity index (χ3v) is 4.53. The molecule has 1 aromatic rings. The average Bonchev–Trinajstić information content (AvgIpc) is 2.25. The SMILES string of the molecule is CNCc1cccc(S(=O)(=O)NC2CCC2)c1. The van der Waals surface area contributed by atoms with E-state index >= 15 is 0 Å². The summed E-state index contributed by atoms with van der Waals surface area (Å²) in [5.41, 5.74) is 0.976. The quantitative estimate of drug-likeness (QED) is 0.831. The summed E-state index contributed by atoms with van der Waals surface area (Å²) < 4.78 is 26.9. The monoisotopic (exact) mass is 254 g/mol. The van der Waals surface area contributed by atoms with Crippen LogP contribution < -0.4 is 10.0 Å².